The number of rotatable bonds is 8. The van der Waals surface area contributed by atoms with Gasteiger partial charge in [-0.3, -0.25) is 9.89 Å². The molecule has 6 nitrogen and oxygen atoms in total. The highest BCUT2D eigenvalue weighted by Gasteiger charge is 2.16. The number of hydrogen-bond donors (Lipinski definition) is 2. The predicted octanol–water partition coefficient (Wildman–Crippen LogP) is 1.26. The number of furan rings is 1. The Bertz CT molecular complexity index is 467. The quantitative estimate of drug-likeness (QED) is 0.429. The summed E-state index contributed by atoms with van der Waals surface area (Å²) in [6, 6.07) is 4.30. The van der Waals surface area contributed by atoms with Gasteiger partial charge in [0.25, 0.3) is 0 Å². The van der Waals surface area contributed by atoms with Crippen LogP contribution in [0.25, 0.3) is 0 Å². The topological polar surface area (TPSA) is 62.0 Å². The van der Waals surface area contributed by atoms with Crippen molar-refractivity contribution >= 4 is 5.96 Å². The fourth-order valence-electron chi connectivity index (χ4n) is 2.46. The molecule has 6 heteroatoms. The Morgan fingerprint density at radius 3 is 2.96 bits per heavy atom. The van der Waals surface area contributed by atoms with E-state index >= 15 is 0 Å². The molecule has 1 aromatic heterocycles. The van der Waals surface area contributed by atoms with Crippen molar-refractivity contribution in [3.05, 3.63) is 36.8 Å². The van der Waals surface area contributed by atoms with Crippen LogP contribution in [0.1, 0.15) is 12.7 Å². The molecule has 1 aromatic rings. The Labute approximate surface area is 138 Å². The lowest BCUT2D eigenvalue weighted by Crippen LogP contribution is -2.44. The fourth-order valence-corrected chi connectivity index (χ4v) is 2.46. The van der Waals surface area contributed by atoms with E-state index in [0.29, 0.717) is 12.6 Å². The zero-order valence-corrected chi connectivity index (χ0v) is 14.0. The number of nitrogens with zero attached hydrogens (tertiary/aromatic N) is 2. The molecule has 128 valence electrons. The van der Waals surface area contributed by atoms with Crippen LogP contribution in [-0.4, -0.2) is 62.8 Å². The maximum atomic E-state index is 5.39. The van der Waals surface area contributed by atoms with E-state index in [4.69, 9.17) is 9.15 Å². The predicted molar refractivity (Wildman–Crippen MR) is 92.8 cm³/mol. The zero-order valence-electron chi connectivity index (χ0n) is 14.0. The molecule has 0 spiro atoms. The Hall–Kier alpha value is -1.79. The van der Waals surface area contributed by atoms with E-state index in [2.05, 4.69) is 34.0 Å². The van der Waals surface area contributed by atoms with Crippen molar-refractivity contribution in [2.45, 2.75) is 19.4 Å². The standard InChI is InChI=1S/C17H28N4O2/c1-3-7-18-17(19-8-6-16-5-4-11-23-16)20-14-15(2)21-9-12-22-13-10-21/h3-5,11,15H,1,6-10,12-14H2,2H3,(H2,18,19,20). The van der Waals surface area contributed by atoms with Crippen LogP contribution in [-0.2, 0) is 11.2 Å². The largest absolute Gasteiger partial charge is 0.469 e. The lowest BCUT2D eigenvalue weighted by atomic mass is 10.2. The molecule has 0 radical (unpaired) electrons. The molecular formula is C17H28N4O2. The van der Waals surface area contributed by atoms with Gasteiger partial charge in [-0.15, -0.1) is 6.58 Å². The fraction of sp³-hybridized carbons (Fsp3) is 0.588. The normalized spacial score (nSPS) is 17.7. The summed E-state index contributed by atoms with van der Waals surface area (Å²) in [6.07, 6.45) is 4.36. The minimum atomic E-state index is 0.409. The van der Waals surface area contributed by atoms with Gasteiger partial charge in [-0.05, 0) is 19.1 Å². The molecule has 1 aliphatic heterocycles. The smallest absolute Gasteiger partial charge is 0.191 e. The summed E-state index contributed by atoms with van der Waals surface area (Å²) in [5.74, 6) is 1.79. The van der Waals surface area contributed by atoms with E-state index in [1.54, 1.807) is 6.26 Å². The molecule has 2 N–H and O–H groups in total. The molecule has 2 heterocycles. The minimum absolute atomic E-state index is 0.409. The molecule has 1 aliphatic rings. The second-order valence-electron chi connectivity index (χ2n) is 5.61. The third kappa shape index (κ3) is 6.46. The summed E-state index contributed by atoms with van der Waals surface area (Å²) < 4.78 is 10.7. The molecule has 1 saturated heterocycles. The summed E-state index contributed by atoms with van der Waals surface area (Å²) in [4.78, 5) is 7.11. The van der Waals surface area contributed by atoms with Gasteiger partial charge in [0.15, 0.2) is 5.96 Å². The van der Waals surface area contributed by atoms with Crippen molar-refractivity contribution in [1.29, 1.82) is 0 Å². The van der Waals surface area contributed by atoms with E-state index in [1.807, 2.05) is 18.2 Å². The molecule has 0 saturated carbocycles. The average molecular weight is 320 g/mol. The molecule has 0 aliphatic carbocycles. The van der Waals surface area contributed by atoms with Crippen molar-refractivity contribution in [1.82, 2.24) is 15.5 Å². The Balaban J connectivity index is 1.78. The lowest BCUT2D eigenvalue weighted by Gasteiger charge is -2.31. The van der Waals surface area contributed by atoms with E-state index in [9.17, 15) is 0 Å². The first-order valence-corrected chi connectivity index (χ1v) is 8.27. The van der Waals surface area contributed by atoms with Crippen LogP contribution >= 0.6 is 0 Å². The van der Waals surface area contributed by atoms with Crippen LogP contribution in [0.5, 0.6) is 0 Å². The SMILES string of the molecule is C=CCNC(=NCC(C)N1CCOCC1)NCCc1ccco1. The van der Waals surface area contributed by atoms with E-state index in [0.717, 1.165) is 57.5 Å². The Kier molecular flexibility index (Phi) is 7.69. The number of ether oxygens (including phenoxy) is 1. The molecule has 0 aromatic carbocycles. The summed E-state index contributed by atoms with van der Waals surface area (Å²) in [6.45, 7) is 11.8. The summed E-state index contributed by atoms with van der Waals surface area (Å²) in [7, 11) is 0. The second kappa shape index (κ2) is 10.1. The zero-order chi connectivity index (χ0) is 16.3. The van der Waals surface area contributed by atoms with E-state index in [1.165, 1.54) is 0 Å². The van der Waals surface area contributed by atoms with Gasteiger partial charge in [0.1, 0.15) is 5.76 Å². The van der Waals surface area contributed by atoms with Crippen molar-refractivity contribution in [2.24, 2.45) is 4.99 Å². The van der Waals surface area contributed by atoms with Crippen molar-refractivity contribution in [3.8, 4) is 0 Å². The van der Waals surface area contributed by atoms with Crippen molar-refractivity contribution in [3.63, 3.8) is 0 Å². The van der Waals surface area contributed by atoms with Crippen molar-refractivity contribution in [2.75, 3.05) is 45.9 Å². The number of nitrogens with one attached hydrogen (secondary N) is 2. The number of aliphatic imine (C=N–C) groups is 1. The van der Waals surface area contributed by atoms with Gasteiger partial charge in [0.05, 0.1) is 26.0 Å². The van der Waals surface area contributed by atoms with Gasteiger partial charge in [-0.25, -0.2) is 0 Å². The highest BCUT2D eigenvalue weighted by molar-refractivity contribution is 5.79. The van der Waals surface area contributed by atoms with Crippen molar-refractivity contribution < 1.29 is 9.15 Å². The van der Waals surface area contributed by atoms with Gasteiger partial charge in [-0.1, -0.05) is 6.08 Å². The molecule has 23 heavy (non-hydrogen) atoms. The van der Waals surface area contributed by atoms with Crippen LogP contribution in [0.2, 0.25) is 0 Å². The van der Waals surface area contributed by atoms with Crippen LogP contribution in [0.4, 0.5) is 0 Å². The van der Waals surface area contributed by atoms with Gasteiger partial charge in [-0.2, -0.15) is 0 Å². The van der Waals surface area contributed by atoms with Gasteiger partial charge < -0.3 is 19.8 Å². The van der Waals surface area contributed by atoms with Gasteiger partial charge in [0, 0.05) is 38.6 Å². The first-order chi connectivity index (χ1) is 11.3. The average Bonchev–Trinajstić information content (AvgIpc) is 3.10. The summed E-state index contributed by atoms with van der Waals surface area (Å²) in [5.41, 5.74) is 0. The summed E-state index contributed by atoms with van der Waals surface area (Å²) >= 11 is 0. The van der Waals surface area contributed by atoms with Gasteiger partial charge >= 0.3 is 0 Å². The maximum Gasteiger partial charge on any atom is 0.191 e. The minimum Gasteiger partial charge on any atom is -0.469 e. The van der Waals surface area contributed by atoms with E-state index < -0.39 is 0 Å². The number of hydrogen-bond acceptors (Lipinski definition) is 4. The first-order valence-electron chi connectivity index (χ1n) is 8.27. The maximum absolute atomic E-state index is 5.39. The highest BCUT2D eigenvalue weighted by atomic mass is 16.5. The number of guanidine groups is 1. The van der Waals surface area contributed by atoms with Crippen LogP contribution in [0, 0.1) is 0 Å². The monoisotopic (exact) mass is 320 g/mol. The van der Waals surface area contributed by atoms with Crippen LogP contribution in [0.3, 0.4) is 0 Å². The molecule has 0 amide bonds. The number of morpholine rings is 1. The first kappa shape index (κ1) is 17.6. The molecular weight excluding hydrogens is 292 g/mol. The lowest BCUT2D eigenvalue weighted by molar-refractivity contribution is 0.0220. The third-order valence-corrected chi connectivity index (χ3v) is 3.84. The molecule has 1 fully saturated rings. The van der Waals surface area contributed by atoms with Crippen LogP contribution in [0.15, 0.2) is 40.5 Å². The Morgan fingerprint density at radius 2 is 2.26 bits per heavy atom. The Morgan fingerprint density at radius 1 is 1.43 bits per heavy atom. The molecule has 1 atom stereocenters. The second-order valence-corrected chi connectivity index (χ2v) is 5.61. The molecule has 0 bridgehead atoms. The highest BCUT2D eigenvalue weighted by Crippen LogP contribution is 2.04. The van der Waals surface area contributed by atoms with Crippen LogP contribution < -0.4 is 10.6 Å². The third-order valence-electron chi connectivity index (χ3n) is 3.84. The van der Waals surface area contributed by atoms with E-state index in [-0.39, 0.29) is 0 Å². The molecule has 1 unspecified atom stereocenters. The van der Waals surface area contributed by atoms with Gasteiger partial charge in [0.2, 0.25) is 0 Å². The molecule has 2 rings (SSSR count). The summed E-state index contributed by atoms with van der Waals surface area (Å²) in [5, 5.41) is 6.59.